The Morgan fingerprint density at radius 2 is 2.12 bits per heavy atom. The van der Waals surface area contributed by atoms with E-state index in [9.17, 15) is 4.79 Å². The molecule has 132 valence electrons. The van der Waals surface area contributed by atoms with Gasteiger partial charge in [-0.3, -0.25) is 4.79 Å². The molecule has 0 fully saturated rings. The molecule has 5 nitrogen and oxygen atoms in total. The van der Waals surface area contributed by atoms with Gasteiger partial charge in [-0.25, -0.2) is 4.98 Å². The van der Waals surface area contributed by atoms with Gasteiger partial charge >= 0.3 is 5.97 Å². The van der Waals surface area contributed by atoms with E-state index < -0.39 is 5.97 Å². The molecular formula is C20H17NO4S. The van der Waals surface area contributed by atoms with Gasteiger partial charge in [0.25, 0.3) is 0 Å². The summed E-state index contributed by atoms with van der Waals surface area (Å²) in [5, 5.41) is 11.9. The van der Waals surface area contributed by atoms with Crippen LogP contribution in [-0.2, 0) is 11.4 Å². The van der Waals surface area contributed by atoms with Crippen molar-refractivity contribution >= 4 is 17.3 Å². The van der Waals surface area contributed by atoms with Gasteiger partial charge in [-0.15, -0.1) is 11.3 Å². The van der Waals surface area contributed by atoms with E-state index in [0.29, 0.717) is 24.7 Å². The van der Waals surface area contributed by atoms with Crippen LogP contribution in [-0.4, -0.2) is 22.7 Å². The second-order valence-electron chi connectivity index (χ2n) is 6.10. The van der Waals surface area contributed by atoms with Crippen LogP contribution >= 0.6 is 11.3 Å². The summed E-state index contributed by atoms with van der Waals surface area (Å²) in [5.41, 5.74) is 2.90. The summed E-state index contributed by atoms with van der Waals surface area (Å²) in [6.07, 6.45) is 0.0777. The van der Waals surface area contributed by atoms with Crippen molar-refractivity contribution < 1.29 is 19.4 Å². The van der Waals surface area contributed by atoms with Crippen LogP contribution in [0.2, 0.25) is 0 Å². The van der Waals surface area contributed by atoms with Gasteiger partial charge in [0.1, 0.15) is 23.1 Å². The molecule has 1 aromatic heterocycles. The molecule has 0 spiro atoms. The number of aromatic nitrogens is 1. The van der Waals surface area contributed by atoms with Crippen molar-refractivity contribution in [3.05, 3.63) is 65.2 Å². The second kappa shape index (κ2) is 7.17. The fourth-order valence-electron chi connectivity index (χ4n) is 2.97. The number of aliphatic carboxylic acids is 1. The average Bonchev–Trinajstić information content (AvgIpc) is 3.27. The molecule has 2 aromatic carbocycles. The highest BCUT2D eigenvalue weighted by atomic mass is 32.1. The molecule has 1 aliphatic rings. The van der Waals surface area contributed by atoms with E-state index in [2.05, 4.69) is 4.98 Å². The Hall–Kier alpha value is -2.86. The second-order valence-corrected chi connectivity index (χ2v) is 6.96. The summed E-state index contributed by atoms with van der Waals surface area (Å²) in [6, 6.07) is 15.6. The van der Waals surface area contributed by atoms with E-state index in [-0.39, 0.29) is 12.3 Å². The third-order valence-electron chi connectivity index (χ3n) is 4.25. The number of rotatable bonds is 6. The van der Waals surface area contributed by atoms with Gasteiger partial charge in [0.2, 0.25) is 0 Å². The zero-order valence-corrected chi connectivity index (χ0v) is 14.7. The quantitative estimate of drug-likeness (QED) is 0.702. The lowest BCUT2D eigenvalue weighted by Crippen LogP contribution is -2.07. The number of thiazole rings is 1. The van der Waals surface area contributed by atoms with E-state index in [1.807, 2.05) is 53.9 Å². The smallest absolute Gasteiger partial charge is 0.304 e. The molecule has 4 rings (SSSR count). The number of carboxylic acids is 1. The number of benzene rings is 2. The maximum atomic E-state index is 10.9. The third-order valence-corrected chi connectivity index (χ3v) is 5.19. The van der Waals surface area contributed by atoms with Crippen molar-refractivity contribution in [3.63, 3.8) is 0 Å². The SMILES string of the molecule is O=C(O)CC1COc2cc(OCc3csc(-c4ccccc4)n3)ccc21. The molecule has 0 amide bonds. The highest BCUT2D eigenvalue weighted by molar-refractivity contribution is 7.13. The van der Waals surface area contributed by atoms with Gasteiger partial charge in [-0.2, -0.15) is 0 Å². The zero-order valence-electron chi connectivity index (χ0n) is 13.9. The number of carboxylic acid groups (broad SMARTS) is 1. The summed E-state index contributed by atoms with van der Waals surface area (Å²) in [7, 11) is 0. The van der Waals surface area contributed by atoms with Gasteiger partial charge in [0.05, 0.1) is 18.7 Å². The molecule has 0 bridgehead atoms. The van der Waals surface area contributed by atoms with Crippen LogP contribution in [0.15, 0.2) is 53.9 Å². The zero-order chi connectivity index (χ0) is 17.9. The van der Waals surface area contributed by atoms with Crippen molar-refractivity contribution in [1.82, 2.24) is 4.98 Å². The Morgan fingerprint density at radius 3 is 2.92 bits per heavy atom. The lowest BCUT2D eigenvalue weighted by molar-refractivity contribution is -0.137. The summed E-state index contributed by atoms with van der Waals surface area (Å²) in [4.78, 5) is 15.5. The molecule has 1 N–H and O–H groups in total. The first kappa shape index (κ1) is 16.6. The standard InChI is InChI=1S/C20H17NO4S/c22-19(23)8-14-10-25-18-9-16(6-7-17(14)18)24-11-15-12-26-20(21-15)13-4-2-1-3-5-13/h1-7,9,12,14H,8,10-11H2,(H,22,23). The lowest BCUT2D eigenvalue weighted by Gasteiger charge is -2.07. The lowest BCUT2D eigenvalue weighted by atomic mass is 9.98. The van der Waals surface area contributed by atoms with Gasteiger partial charge in [0, 0.05) is 28.5 Å². The van der Waals surface area contributed by atoms with Gasteiger partial charge in [0.15, 0.2) is 0 Å². The highest BCUT2D eigenvalue weighted by Gasteiger charge is 2.26. The molecule has 1 atom stereocenters. The molecule has 0 aliphatic carbocycles. The van der Waals surface area contributed by atoms with Crippen LogP contribution in [0.25, 0.3) is 10.6 Å². The van der Waals surface area contributed by atoms with Crippen molar-refractivity contribution in [2.45, 2.75) is 18.9 Å². The van der Waals surface area contributed by atoms with E-state index >= 15 is 0 Å². The molecule has 0 saturated carbocycles. The monoisotopic (exact) mass is 367 g/mol. The minimum atomic E-state index is -0.815. The summed E-state index contributed by atoms with van der Waals surface area (Å²) < 4.78 is 11.4. The molecule has 1 unspecified atom stereocenters. The van der Waals surface area contributed by atoms with Gasteiger partial charge in [-0.1, -0.05) is 36.4 Å². The Kier molecular flexibility index (Phi) is 4.58. The van der Waals surface area contributed by atoms with Crippen molar-refractivity contribution in [3.8, 4) is 22.1 Å². The van der Waals surface area contributed by atoms with E-state index in [1.165, 1.54) is 0 Å². The maximum Gasteiger partial charge on any atom is 0.304 e. The first-order valence-electron chi connectivity index (χ1n) is 8.30. The summed E-state index contributed by atoms with van der Waals surface area (Å²) in [6.45, 7) is 0.776. The molecule has 6 heteroatoms. The van der Waals surface area contributed by atoms with Crippen LogP contribution in [0, 0.1) is 0 Å². The van der Waals surface area contributed by atoms with Crippen LogP contribution in [0.5, 0.6) is 11.5 Å². The first-order chi connectivity index (χ1) is 12.7. The Morgan fingerprint density at radius 1 is 1.27 bits per heavy atom. The van der Waals surface area contributed by atoms with Gasteiger partial charge in [-0.05, 0) is 6.07 Å². The third kappa shape index (κ3) is 3.55. The summed E-state index contributed by atoms with van der Waals surface area (Å²) in [5.74, 6) is 0.485. The Bertz CT molecular complexity index is 923. The molecule has 2 heterocycles. The largest absolute Gasteiger partial charge is 0.492 e. The Balaban J connectivity index is 1.42. The van der Waals surface area contributed by atoms with Crippen molar-refractivity contribution in [2.24, 2.45) is 0 Å². The number of fused-ring (bicyclic) bond motifs is 1. The first-order valence-corrected chi connectivity index (χ1v) is 9.18. The van der Waals surface area contributed by atoms with E-state index in [1.54, 1.807) is 11.3 Å². The fourth-order valence-corrected chi connectivity index (χ4v) is 3.78. The van der Waals surface area contributed by atoms with Crippen molar-refractivity contribution in [2.75, 3.05) is 6.61 Å². The normalized spacial score (nSPS) is 15.3. The molecular weight excluding hydrogens is 350 g/mol. The minimum absolute atomic E-state index is 0.0777. The maximum absolute atomic E-state index is 10.9. The van der Waals surface area contributed by atoms with Crippen LogP contribution in [0.4, 0.5) is 0 Å². The number of hydrogen-bond acceptors (Lipinski definition) is 5. The van der Waals surface area contributed by atoms with E-state index in [4.69, 9.17) is 14.6 Å². The number of nitrogens with zero attached hydrogens (tertiary/aromatic N) is 1. The van der Waals surface area contributed by atoms with Gasteiger partial charge < -0.3 is 14.6 Å². The van der Waals surface area contributed by atoms with Crippen LogP contribution in [0.1, 0.15) is 23.6 Å². The topological polar surface area (TPSA) is 68.7 Å². The number of hydrogen-bond donors (Lipinski definition) is 1. The number of carbonyl (C=O) groups is 1. The minimum Gasteiger partial charge on any atom is -0.492 e. The number of ether oxygens (including phenoxy) is 2. The highest BCUT2D eigenvalue weighted by Crippen LogP contribution is 2.38. The molecule has 0 radical (unpaired) electrons. The average molecular weight is 367 g/mol. The molecule has 1 aliphatic heterocycles. The van der Waals surface area contributed by atoms with E-state index in [0.717, 1.165) is 21.8 Å². The molecule has 26 heavy (non-hydrogen) atoms. The molecule has 0 saturated heterocycles. The predicted octanol–water partition coefficient (Wildman–Crippen LogP) is 4.34. The molecule has 3 aromatic rings. The predicted molar refractivity (Wildman–Crippen MR) is 98.8 cm³/mol. The van der Waals surface area contributed by atoms with Crippen molar-refractivity contribution in [1.29, 1.82) is 0 Å². The summed E-state index contributed by atoms with van der Waals surface area (Å²) >= 11 is 1.59. The fraction of sp³-hybridized carbons (Fsp3) is 0.200. The van der Waals surface area contributed by atoms with Crippen LogP contribution in [0.3, 0.4) is 0 Å². The van der Waals surface area contributed by atoms with Crippen LogP contribution < -0.4 is 9.47 Å². The Labute approximate surface area is 154 Å².